The molecule has 1 heterocycles. The van der Waals surface area contributed by atoms with E-state index in [4.69, 9.17) is 0 Å². The molecule has 0 radical (unpaired) electrons. The maximum atomic E-state index is 11.1. The predicted molar refractivity (Wildman–Crippen MR) is 80.1 cm³/mol. The fraction of sp³-hybridized carbons (Fsp3) is 0.267. The van der Waals surface area contributed by atoms with Gasteiger partial charge in [-0.15, -0.1) is 11.3 Å². The first-order valence-electron chi connectivity index (χ1n) is 6.33. The van der Waals surface area contributed by atoms with Crippen molar-refractivity contribution < 1.29 is 4.79 Å². The molecule has 1 amide bonds. The van der Waals surface area contributed by atoms with Gasteiger partial charge in [-0.1, -0.05) is 30.3 Å². The van der Waals surface area contributed by atoms with Gasteiger partial charge in [0.15, 0.2) is 0 Å². The van der Waals surface area contributed by atoms with Crippen LogP contribution in [0.5, 0.6) is 0 Å². The highest BCUT2D eigenvalue weighted by molar-refractivity contribution is 7.10. The smallest absolute Gasteiger partial charge is 0.221 e. The van der Waals surface area contributed by atoms with Crippen LogP contribution in [0.15, 0.2) is 41.8 Å². The van der Waals surface area contributed by atoms with Gasteiger partial charge in [0.2, 0.25) is 5.91 Å². The first kappa shape index (κ1) is 13.8. The van der Waals surface area contributed by atoms with Gasteiger partial charge < -0.3 is 10.6 Å². The fourth-order valence-corrected chi connectivity index (χ4v) is 2.66. The Morgan fingerprint density at radius 1 is 1.21 bits per heavy atom. The summed E-state index contributed by atoms with van der Waals surface area (Å²) in [5.74, 6) is 0.0728. The Balaban J connectivity index is 1.83. The molecule has 4 heteroatoms. The van der Waals surface area contributed by atoms with Crippen LogP contribution in [0.3, 0.4) is 0 Å². The van der Waals surface area contributed by atoms with Crippen molar-refractivity contribution in [2.45, 2.75) is 13.0 Å². The third-order valence-electron chi connectivity index (χ3n) is 2.87. The normalized spacial score (nSPS) is 10.4. The van der Waals surface area contributed by atoms with Crippen molar-refractivity contribution in [3.8, 4) is 11.1 Å². The first-order chi connectivity index (χ1) is 9.29. The minimum absolute atomic E-state index is 0.0728. The highest BCUT2D eigenvalue weighted by atomic mass is 32.1. The summed E-state index contributed by atoms with van der Waals surface area (Å²) in [6, 6.07) is 12.6. The Kier molecular flexibility index (Phi) is 5.12. The molecule has 0 saturated heterocycles. The van der Waals surface area contributed by atoms with E-state index < -0.39 is 0 Å². The minimum atomic E-state index is 0.0728. The number of thiophene rings is 1. The summed E-state index contributed by atoms with van der Waals surface area (Å²) >= 11 is 1.75. The van der Waals surface area contributed by atoms with E-state index in [9.17, 15) is 4.79 Å². The number of nitrogens with one attached hydrogen (secondary N) is 2. The lowest BCUT2D eigenvalue weighted by molar-refractivity contribution is -0.120. The molecule has 0 unspecified atom stereocenters. The van der Waals surface area contributed by atoms with Crippen LogP contribution in [0.25, 0.3) is 11.1 Å². The molecule has 0 spiro atoms. The van der Waals surface area contributed by atoms with E-state index in [1.807, 2.05) is 18.2 Å². The van der Waals surface area contributed by atoms with Crippen LogP contribution in [0.4, 0.5) is 0 Å². The lowest BCUT2D eigenvalue weighted by atomic mass is 10.1. The lowest BCUT2D eigenvalue weighted by Gasteiger charge is -2.02. The number of carbonyl (C=O) groups is 1. The van der Waals surface area contributed by atoms with Gasteiger partial charge in [0.25, 0.3) is 0 Å². The lowest BCUT2D eigenvalue weighted by Crippen LogP contribution is -2.24. The SMILES string of the molecule is CNC(=O)CCNCc1cc(-c2ccccc2)cs1. The largest absolute Gasteiger partial charge is 0.359 e. The van der Waals surface area contributed by atoms with Crippen LogP contribution in [0, 0.1) is 0 Å². The second-order valence-electron chi connectivity index (χ2n) is 4.27. The van der Waals surface area contributed by atoms with Gasteiger partial charge in [0.05, 0.1) is 0 Å². The van der Waals surface area contributed by atoms with E-state index in [-0.39, 0.29) is 5.91 Å². The zero-order chi connectivity index (χ0) is 13.5. The highest BCUT2D eigenvalue weighted by Crippen LogP contribution is 2.25. The summed E-state index contributed by atoms with van der Waals surface area (Å²) in [6.07, 6.45) is 0.521. The maximum Gasteiger partial charge on any atom is 0.221 e. The molecule has 0 aliphatic carbocycles. The molecule has 1 aromatic carbocycles. The van der Waals surface area contributed by atoms with Crippen molar-refractivity contribution in [3.05, 3.63) is 46.7 Å². The van der Waals surface area contributed by atoms with Gasteiger partial charge in [0.1, 0.15) is 0 Å². The van der Waals surface area contributed by atoms with Crippen molar-refractivity contribution in [1.29, 1.82) is 0 Å². The number of amides is 1. The third-order valence-corrected chi connectivity index (χ3v) is 3.80. The second-order valence-corrected chi connectivity index (χ2v) is 5.26. The summed E-state index contributed by atoms with van der Waals surface area (Å²) in [4.78, 5) is 12.4. The fourth-order valence-electron chi connectivity index (χ4n) is 1.79. The molecule has 1 aromatic heterocycles. The van der Waals surface area contributed by atoms with E-state index >= 15 is 0 Å². The number of carbonyl (C=O) groups excluding carboxylic acids is 1. The van der Waals surface area contributed by atoms with Crippen molar-refractivity contribution >= 4 is 17.2 Å². The average Bonchev–Trinajstić information content (AvgIpc) is 2.93. The standard InChI is InChI=1S/C15H18N2OS/c1-16-15(18)7-8-17-10-14-9-13(11-19-14)12-5-3-2-4-6-12/h2-6,9,11,17H,7-8,10H2,1H3,(H,16,18). The van der Waals surface area contributed by atoms with Crippen molar-refractivity contribution in [2.75, 3.05) is 13.6 Å². The van der Waals surface area contributed by atoms with Crippen molar-refractivity contribution in [1.82, 2.24) is 10.6 Å². The van der Waals surface area contributed by atoms with E-state index in [1.165, 1.54) is 16.0 Å². The van der Waals surface area contributed by atoms with Crippen LogP contribution < -0.4 is 10.6 Å². The monoisotopic (exact) mass is 274 g/mol. The molecule has 0 aliphatic heterocycles. The van der Waals surface area contributed by atoms with Gasteiger partial charge in [-0.25, -0.2) is 0 Å². The summed E-state index contributed by atoms with van der Waals surface area (Å²) in [5, 5.41) is 8.07. The first-order valence-corrected chi connectivity index (χ1v) is 7.21. The van der Waals surface area contributed by atoms with Crippen LogP contribution in [-0.4, -0.2) is 19.5 Å². The van der Waals surface area contributed by atoms with E-state index in [0.717, 1.165) is 6.54 Å². The molecular weight excluding hydrogens is 256 g/mol. The van der Waals surface area contributed by atoms with Crippen LogP contribution in [-0.2, 0) is 11.3 Å². The van der Waals surface area contributed by atoms with Crippen LogP contribution in [0.2, 0.25) is 0 Å². The topological polar surface area (TPSA) is 41.1 Å². The Morgan fingerprint density at radius 3 is 2.74 bits per heavy atom. The molecule has 0 bridgehead atoms. The zero-order valence-corrected chi connectivity index (χ0v) is 11.8. The summed E-state index contributed by atoms with van der Waals surface area (Å²) in [6.45, 7) is 1.52. The van der Waals surface area contributed by atoms with Gasteiger partial charge >= 0.3 is 0 Å². The zero-order valence-electron chi connectivity index (χ0n) is 11.0. The van der Waals surface area contributed by atoms with E-state index in [0.29, 0.717) is 13.0 Å². The van der Waals surface area contributed by atoms with Gasteiger partial charge in [-0.3, -0.25) is 4.79 Å². The van der Waals surface area contributed by atoms with Gasteiger partial charge in [0, 0.05) is 31.4 Å². The Hall–Kier alpha value is -1.65. The summed E-state index contributed by atoms with van der Waals surface area (Å²) in [7, 11) is 1.66. The molecule has 100 valence electrons. The number of benzene rings is 1. The molecule has 2 N–H and O–H groups in total. The van der Waals surface area contributed by atoms with E-state index in [1.54, 1.807) is 18.4 Å². The third kappa shape index (κ3) is 4.19. The number of hydrogen-bond acceptors (Lipinski definition) is 3. The molecular formula is C15H18N2OS. The molecule has 19 heavy (non-hydrogen) atoms. The minimum Gasteiger partial charge on any atom is -0.359 e. The van der Waals surface area contributed by atoms with Crippen molar-refractivity contribution in [3.63, 3.8) is 0 Å². The number of rotatable bonds is 6. The maximum absolute atomic E-state index is 11.1. The summed E-state index contributed by atoms with van der Waals surface area (Å²) in [5.41, 5.74) is 2.50. The van der Waals surface area contributed by atoms with Gasteiger partial charge in [-0.2, -0.15) is 0 Å². The van der Waals surface area contributed by atoms with Crippen LogP contribution >= 0.6 is 11.3 Å². The second kappa shape index (κ2) is 7.07. The average molecular weight is 274 g/mol. The molecule has 0 fully saturated rings. The Bertz CT molecular complexity index is 522. The quantitative estimate of drug-likeness (QED) is 0.795. The summed E-state index contributed by atoms with van der Waals surface area (Å²) < 4.78 is 0. The molecule has 2 aromatic rings. The molecule has 0 aliphatic rings. The van der Waals surface area contributed by atoms with E-state index in [2.05, 4.69) is 34.2 Å². The predicted octanol–water partition coefficient (Wildman–Crippen LogP) is 2.64. The molecule has 2 rings (SSSR count). The Morgan fingerprint density at radius 2 is 2.00 bits per heavy atom. The molecule has 3 nitrogen and oxygen atoms in total. The molecule has 0 atom stereocenters. The van der Waals surface area contributed by atoms with Crippen molar-refractivity contribution in [2.24, 2.45) is 0 Å². The molecule has 0 saturated carbocycles. The highest BCUT2D eigenvalue weighted by Gasteiger charge is 2.02. The number of hydrogen-bond donors (Lipinski definition) is 2. The van der Waals surface area contributed by atoms with Gasteiger partial charge in [-0.05, 0) is 22.6 Å². The van der Waals surface area contributed by atoms with Crippen LogP contribution in [0.1, 0.15) is 11.3 Å². The Labute approximate surface area is 117 Å².